The van der Waals surface area contributed by atoms with Crippen LogP contribution in [-0.2, 0) is 61.9 Å². The number of rotatable bonds is 48. The van der Waals surface area contributed by atoms with E-state index in [4.69, 9.17) is 33.2 Å². The highest BCUT2D eigenvalue weighted by Gasteiger charge is 2.41. The van der Waals surface area contributed by atoms with Crippen molar-refractivity contribution < 1.29 is 61.9 Å². The van der Waals surface area contributed by atoms with Crippen LogP contribution in [0.25, 0.3) is 0 Å². The maximum absolute atomic E-state index is 13.2. The lowest BCUT2D eigenvalue weighted by molar-refractivity contribution is -0.175. The average molecular weight is 955 g/mol. The standard InChI is InChI=1S/C54H98O13/c1-7-13-19-25-31-37-51(59)66-45-53(41-62-47(55)33-27-21-15-9-3,42-63-48(56)34-28-22-16-10-4)39-61-40-54(43-64-49(57)35-29-23-17-11-5,44-65-50(58)36-30-24-18-12-6)46-67-52(60)38-32-26-20-14-8-2/h7-46H2,1-6H3. The number of ether oxygens (including phenoxy) is 7. The Balaban J connectivity index is 6.88. The summed E-state index contributed by atoms with van der Waals surface area (Å²) in [5, 5.41) is 0. The van der Waals surface area contributed by atoms with Gasteiger partial charge < -0.3 is 33.2 Å². The Labute approximate surface area is 407 Å². The van der Waals surface area contributed by atoms with Gasteiger partial charge >= 0.3 is 35.8 Å². The van der Waals surface area contributed by atoms with Crippen molar-refractivity contribution in [2.75, 3.05) is 52.9 Å². The summed E-state index contributed by atoms with van der Waals surface area (Å²) >= 11 is 0. The zero-order chi connectivity index (χ0) is 49.7. The Hall–Kier alpha value is -3.22. The highest BCUT2D eigenvalue weighted by molar-refractivity contribution is 5.71. The van der Waals surface area contributed by atoms with Gasteiger partial charge in [0, 0.05) is 38.5 Å². The van der Waals surface area contributed by atoms with Gasteiger partial charge in [0.1, 0.15) is 39.6 Å². The normalized spacial score (nSPS) is 11.6. The van der Waals surface area contributed by atoms with E-state index in [1.54, 1.807) is 0 Å². The molecule has 0 N–H and O–H groups in total. The van der Waals surface area contributed by atoms with Gasteiger partial charge in [-0.1, -0.05) is 170 Å². The van der Waals surface area contributed by atoms with Crippen molar-refractivity contribution >= 4 is 35.8 Å². The molecule has 13 nitrogen and oxygen atoms in total. The van der Waals surface area contributed by atoms with Crippen LogP contribution in [0.3, 0.4) is 0 Å². The van der Waals surface area contributed by atoms with Crippen molar-refractivity contribution in [3.05, 3.63) is 0 Å². The van der Waals surface area contributed by atoms with Gasteiger partial charge in [0.15, 0.2) is 0 Å². The van der Waals surface area contributed by atoms with Crippen molar-refractivity contribution in [2.45, 2.75) is 247 Å². The molecule has 0 aliphatic heterocycles. The molecule has 0 fully saturated rings. The fourth-order valence-electron chi connectivity index (χ4n) is 7.35. The van der Waals surface area contributed by atoms with Crippen LogP contribution < -0.4 is 0 Å². The summed E-state index contributed by atoms with van der Waals surface area (Å²) in [5.41, 5.74) is -2.66. The third kappa shape index (κ3) is 37.4. The van der Waals surface area contributed by atoms with E-state index in [0.29, 0.717) is 38.5 Å². The number of esters is 6. The summed E-state index contributed by atoms with van der Waals surface area (Å²) in [6.45, 7) is 10.5. The third-order valence-electron chi connectivity index (χ3n) is 12.0. The second-order valence-electron chi connectivity index (χ2n) is 19.0. The van der Waals surface area contributed by atoms with Gasteiger partial charge in [-0.25, -0.2) is 0 Å². The van der Waals surface area contributed by atoms with Crippen LogP contribution in [0.5, 0.6) is 0 Å². The maximum atomic E-state index is 13.2. The molecule has 0 saturated carbocycles. The maximum Gasteiger partial charge on any atom is 0.305 e. The molecule has 0 amide bonds. The Morgan fingerprint density at radius 3 is 0.582 bits per heavy atom. The molecule has 392 valence electrons. The summed E-state index contributed by atoms with van der Waals surface area (Å²) in [7, 11) is 0. The van der Waals surface area contributed by atoms with Crippen LogP contribution in [0, 0.1) is 10.8 Å². The molecule has 0 aromatic rings. The number of carbonyl (C=O) groups excluding carboxylic acids is 6. The first kappa shape index (κ1) is 63.8. The molecule has 0 aromatic carbocycles. The summed E-state index contributed by atoms with van der Waals surface area (Å²) in [6, 6.07) is 0. The lowest BCUT2D eigenvalue weighted by Crippen LogP contribution is -2.47. The Bertz CT molecular complexity index is 1120. The molecule has 67 heavy (non-hydrogen) atoms. The van der Waals surface area contributed by atoms with Gasteiger partial charge in [-0.3, -0.25) is 28.8 Å². The average Bonchev–Trinajstić information content (AvgIpc) is 3.32. The molecule has 0 saturated heterocycles. The van der Waals surface area contributed by atoms with Crippen LogP contribution in [0.1, 0.15) is 247 Å². The SMILES string of the molecule is CCCCCCCC(=O)OCC(COCC(COC(=O)CCCCCC)(COC(=O)CCCCCC)COC(=O)CCCCCCC)(COC(=O)CCCCCC)COC(=O)CCCCCC. The molecule has 0 aliphatic rings. The number of unbranched alkanes of at least 4 members (excludes halogenated alkanes) is 20. The molecule has 0 spiro atoms. The van der Waals surface area contributed by atoms with Gasteiger partial charge in [0.25, 0.3) is 0 Å². The van der Waals surface area contributed by atoms with Crippen LogP contribution in [0.4, 0.5) is 0 Å². The van der Waals surface area contributed by atoms with E-state index in [1.807, 2.05) is 0 Å². The van der Waals surface area contributed by atoms with E-state index in [-0.39, 0.29) is 91.4 Å². The summed E-state index contributed by atoms with van der Waals surface area (Å²) in [6.07, 6.45) is 24.8. The molecule has 0 atom stereocenters. The molecule has 0 heterocycles. The predicted molar refractivity (Wildman–Crippen MR) is 263 cm³/mol. The molecule has 0 bridgehead atoms. The molecule has 13 heteroatoms. The summed E-state index contributed by atoms with van der Waals surface area (Å²) < 4.78 is 41.8. The topological polar surface area (TPSA) is 167 Å². The van der Waals surface area contributed by atoms with Crippen LogP contribution in [-0.4, -0.2) is 88.7 Å². The highest BCUT2D eigenvalue weighted by Crippen LogP contribution is 2.28. The zero-order valence-electron chi connectivity index (χ0n) is 43.6. The molecule has 0 radical (unpaired) electrons. The minimum absolute atomic E-state index is 0.201. The van der Waals surface area contributed by atoms with E-state index in [1.165, 1.54) is 0 Å². The zero-order valence-corrected chi connectivity index (χ0v) is 43.6. The fourth-order valence-corrected chi connectivity index (χ4v) is 7.35. The van der Waals surface area contributed by atoms with E-state index in [2.05, 4.69) is 41.5 Å². The van der Waals surface area contributed by atoms with Crippen molar-refractivity contribution in [3.8, 4) is 0 Å². The minimum atomic E-state index is -1.33. The molecule has 0 aliphatic carbocycles. The number of carbonyl (C=O) groups is 6. The monoisotopic (exact) mass is 955 g/mol. The molecule has 0 aromatic heterocycles. The predicted octanol–water partition coefficient (Wildman–Crippen LogP) is 12.8. The highest BCUT2D eigenvalue weighted by atomic mass is 16.6. The van der Waals surface area contributed by atoms with E-state index in [0.717, 1.165) is 128 Å². The van der Waals surface area contributed by atoms with E-state index >= 15 is 0 Å². The molecule has 0 unspecified atom stereocenters. The quantitative estimate of drug-likeness (QED) is 0.0321. The van der Waals surface area contributed by atoms with Gasteiger partial charge in [-0.2, -0.15) is 0 Å². The second kappa shape index (κ2) is 44.0. The van der Waals surface area contributed by atoms with Crippen molar-refractivity contribution in [1.82, 2.24) is 0 Å². The smallest absolute Gasteiger partial charge is 0.305 e. The van der Waals surface area contributed by atoms with Gasteiger partial charge in [-0.15, -0.1) is 0 Å². The van der Waals surface area contributed by atoms with Gasteiger partial charge in [-0.05, 0) is 38.5 Å². The first-order valence-corrected chi connectivity index (χ1v) is 27.0. The third-order valence-corrected chi connectivity index (χ3v) is 12.0. The largest absolute Gasteiger partial charge is 0.465 e. The summed E-state index contributed by atoms with van der Waals surface area (Å²) in [4.78, 5) is 79.1. The van der Waals surface area contributed by atoms with E-state index < -0.39 is 46.6 Å². The molecular formula is C54H98O13. The van der Waals surface area contributed by atoms with Crippen molar-refractivity contribution in [1.29, 1.82) is 0 Å². The summed E-state index contributed by atoms with van der Waals surface area (Å²) in [5.74, 6) is -2.57. The minimum Gasteiger partial charge on any atom is -0.465 e. The lowest BCUT2D eigenvalue weighted by Gasteiger charge is -2.35. The number of hydrogen-bond donors (Lipinski definition) is 0. The molecule has 0 rings (SSSR count). The number of hydrogen-bond acceptors (Lipinski definition) is 13. The van der Waals surface area contributed by atoms with Gasteiger partial charge in [0.05, 0.1) is 24.0 Å². The van der Waals surface area contributed by atoms with Crippen LogP contribution >= 0.6 is 0 Å². The first-order chi connectivity index (χ1) is 32.4. The van der Waals surface area contributed by atoms with Crippen LogP contribution in [0.2, 0.25) is 0 Å². The molecular weight excluding hydrogens is 857 g/mol. The fraction of sp³-hybridized carbons (Fsp3) is 0.889. The second-order valence-corrected chi connectivity index (χ2v) is 19.0. The van der Waals surface area contributed by atoms with E-state index in [9.17, 15) is 28.8 Å². The van der Waals surface area contributed by atoms with Crippen molar-refractivity contribution in [2.24, 2.45) is 10.8 Å². The Kier molecular flexibility index (Phi) is 41.9. The van der Waals surface area contributed by atoms with Crippen LogP contribution in [0.15, 0.2) is 0 Å². The Morgan fingerprint density at radius 1 is 0.239 bits per heavy atom. The van der Waals surface area contributed by atoms with Crippen molar-refractivity contribution in [3.63, 3.8) is 0 Å². The lowest BCUT2D eigenvalue weighted by atomic mass is 9.90. The Morgan fingerprint density at radius 2 is 0.403 bits per heavy atom. The first-order valence-electron chi connectivity index (χ1n) is 27.0. The van der Waals surface area contributed by atoms with Gasteiger partial charge in [0.2, 0.25) is 0 Å².